The van der Waals surface area contributed by atoms with Gasteiger partial charge in [-0.3, -0.25) is 9.78 Å². The molecule has 2 fully saturated rings. The maximum absolute atomic E-state index is 15.1. The number of hydrogen-bond donors (Lipinski definition) is 2. The number of carbonyl (C=O) groups excluding carboxylic acids is 1. The molecule has 7 heteroatoms. The predicted molar refractivity (Wildman–Crippen MR) is 132 cm³/mol. The molecule has 1 saturated heterocycles. The molecule has 5 rings (SSSR count). The second-order valence-electron chi connectivity index (χ2n) is 8.84. The van der Waals surface area contributed by atoms with E-state index in [1.54, 1.807) is 42.6 Å². The van der Waals surface area contributed by atoms with Gasteiger partial charge in [0, 0.05) is 29.7 Å². The number of hydrogen-bond acceptors (Lipinski definition) is 5. The Morgan fingerprint density at radius 3 is 2.64 bits per heavy atom. The second-order valence-corrected chi connectivity index (χ2v) is 10.1. The van der Waals surface area contributed by atoms with Crippen molar-refractivity contribution in [2.75, 3.05) is 23.4 Å². The van der Waals surface area contributed by atoms with Crippen LogP contribution in [0.5, 0.6) is 5.75 Å². The Morgan fingerprint density at radius 1 is 1.09 bits per heavy atom. The minimum absolute atomic E-state index is 0.125. The quantitative estimate of drug-likeness (QED) is 0.466. The molecule has 0 atom stereocenters. The summed E-state index contributed by atoms with van der Waals surface area (Å²) in [5.41, 5.74) is 1.86. The molecule has 1 aromatic heterocycles. The normalized spacial score (nSPS) is 16.6. The Balaban J connectivity index is 1.23. The molecule has 172 valence electrons. The predicted octanol–water partition coefficient (Wildman–Crippen LogP) is 5.40. The molecular weight excluding hydrogens is 437 g/mol. The van der Waals surface area contributed by atoms with Gasteiger partial charge in [-0.2, -0.15) is 11.8 Å². The van der Waals surface area contributed by atoms with E-state index in [9.17, 15) is 4.79 Å². The number of carbonyl (C=O) groups is 1. The first-order valence-electron chi connectivity index (χ1n) is 11.6. The average molecular weight is 466 g/mol. The number of nitrogens with one attached hydrogen (secondary N) is 2. The maximum Gasteiger partial charge on any atom is 0.255 e. The van der Waals surface area contributed by atoms with Crippen LogP contribution in [0, 0.1) is 11.7 Å². The third-order valence-electron chi connectivity index (χ3n) is 6.21. The number of benzene rings is 2. The average Bonchev–Trinajstić information content (AvgIpc) is 3.69. The zero-order chi connectivity index (χ0) is 22.6. The molecule has 0 bridgehead atoms. The summed E-state index contributed by atoms with van der Waals surface area (Å²) in [7, 11) is 0. The second kappa shape index (κ2) is 10.1. The van der Waals surface area contributed by atoms with E-state index in [0.717, 1.165) is 29.9 Å². The highest BCUT2D eigenvalue weighted by atomic mass is 32.2. The van der Waals surface area contributed by atoms with Crippen LogP contribution in [-0.4, -0.2) is 35.0 Å². The van der Waals surface area contributed by atoms with E-state index in [-0.39, 0.29) is 17.1 Å². The molecule has 2 heterocycles. The highest BCUT2D eigenvalue weighted by Crippen LogP contribution is 2.30. The van der Waals surface area contributed by atoms with Crippen LogP contribution in [-0.2, 0) is 6.54 Å². The Kier molecular flexibility index (Phi) is 6.78. The van der Waals surface area contributed by atoms with Crippen LogP contribution in [0.15, 0.2) is 48.7 Å². The molecule has 2 aromatic carbocycles. The minimum Gasteiger partial charge on any atom is -0.493 e. The summed E-state index contributed by atoms with van der Waals surface area (Å²) in [5.74, 6) is 2.92. The third kappa shape index (κ3) is 5.65. The number of ether oxygens (including phenoxy) is 1. The maximum atomic E-state index is 15.1. The first kappa shape index (κ1) is 22.2. The van der Waals surface area contributed by atoms with E-state index >= 15 is 4.39 Å². The van der Waals surface area contributed by atoms with Gasteiger partial charge >= 0.3 is 0 Å². The van der Waals surface area contributed by atoms with Gasteiger partial charge < -0.3 is 15.4 Å². The number of anilines is 1. The fraction of sp³-hybridized carbons (Fsp3) is 0.385. The molecule has 5 nitrogen and oxygen atoms in total. The van der Waals surface area contributed by atoms with E-state index < -0.39 is 5.82 Å². The van der Waals surface area contributed by atoms with Crippen molar-refractivity contribution in [2.24, 2.45) is 5.92 Å². The Bertz CT molecular complexity index is 1130. The van der Waals surface area contributed by atoms with Gasteiger partial charge in [0.15, 0.2) is 5.82 Å². The molecule has 1 saturated carbocycles. The summed E-state index contributed by atoms with van der Waals surface area (Å²) in [6.45, 7) is 1.44. The molecular formula is C26H28FN3O2S. The molecule has 0 radical (unpaired) electrons. The van der Waals surface area contributed by atoms with Crippen molar-refractivity contribution in [3.05, 3.63) is 65.6 Å². The SMILES string of the molecule is O=C(Nc1ccc2cc(CNC3CCSCC3)cnc2c1F)c1ccc(OCC2CC2)cc1. The lowest BCUT2D eigenvalue weighted by molar-refractivity contribution is 0.102. The van der Waals surface area contributed by atoms with E-state index in [1.165, 1.54) is 37.2 Å². The summed E-state index contributed by atoms with van der Waals surface area (Å²) in [6, 6.07) is 12.8. The highest BCUT2D eigenvalue weighted by Gasteiger charge is 2.22. The van der Waals surface area contributed by atoms with Crippen molar-refractivity contribution >= 4 is 34.3 Å². The smallest absolute Gasteiger partial charge is 0.255 e. The van der Waals surface area contributed by atoms with Crippen molar-refractivity contribution in [1.82, 2.24) is 10.3 Å². The van der Waals surface area contributed by atoms with Gasteiger partial charge in [0.25, 0.3) is 5.91 Å². The molecule has 3 aromatic rings. The van der Waals surface area contributed by atoms with E-state index in [2.05, 4.69) is 15.6 Å². The summed E-state index contributed by atoms with van der Waals surface area (Å²) in [5, 5.41) is 6.98. The van der Waals surface area contributed by atoms with Crippen molar-refractivity contribution in [1.29, 1.82) is 0 Å². The van der Waals surface area contributed by atoms with Gasteiger partial charge in [-0.25, -0.2) is 4.39 Å². The molecule has 2 aliphatic rings. The summed E-state index contributed by atoms with van der Waals surface area (Å²) >= 11 is 2.00. The van der Waals surface area contributed by atoms with Gasteiger partial charge in [0.2, 0.25) is 0 Å². The number of halogens is 1. The lowest BCUT2D eigenvalue weighted by Gasteiger charge is -2.22. The van der Waals surface area contributed by atoms with E-state index in [0.29, 0.717) is 17.5 Å². The van der Waals surface area contributed by atoms with Crippen molar-refractivity contribution < 1.29 is 13.9 Å². The van der Waals surface area contributed by atoms with Gasteiger partial charge in [-0.1, -0.05) is 6.07 Å². The highest BCUT2D eigenvalue weighted by molar-refractivity contribution is 7.99. The fourth-order valence-corrected chi connectivity index (χ4v) is 5.07. The minimum atomic E-state index is -0.519. The number of fused-ring (bicyclic) bond motifs is 1. The molecule has 2 N–H and O–H groups in total. The number of amides is 1. The molecule has 0 unspecified atom stereocenters. The van der Waals surface area contributed by atoms with E-state index in [4.69, 9.17) is 4.74 Å². The molecule has 0 spiro atoms. The van der Waals surface area contributed by atoms with Crippen molar-refractivity contribution in [3.8, 4) is 5.75 Å². The van der Waals surface area contributed by atoms with Crippen LogP contribution in [0.3, 0.4) is 0 Å². The van der Waals surface area contributed by atoms with E-state index in [1.807, 2.05) is 17.8 Å². The van der Waals surface area contributed by atoms with Crippen LogP contribution < -0.4 is 15.4 Å². The van der Waals surface area contributed by atoms with Crippen LogP contribution in [0.4, 0.5) is 10.1 Å². The van der Waals surface area contributed by atoms with Crippen LogP contribution in [0.1, 0.15) is 41.6 Å². The zero-order valence-corrected chi connectivity index (χ0v) is 19.3. The van der Waals surface area contributed by atoms with Crippen LogP contribution in [0.25, 0.3) is 10.9 Å². The largest absolute Gasteiger partial charge is 0.493 e. The zero-order valence-electron chi connectivity index (χ0n) is 18.5. The Morgan fingerprint density at radius 2 is 1.88 bits per heavy atom. The summed E-state index contributed by atoms with van der Waals surface area (Å²) in [6.07, 6.45) is 6.52. The number of pyridine rings is 1. The number of aromatic nitrogens is 1. The lowest BCUT2D eigenvalue weighted by atomic mass is 10.1. The topological polar surface area (TPSA) is 63.2 Å². The third-order valence-corrected chi connectivity index (χ3v) is 7.26. The first-order valence-corrected chi connectivity index (χ1v) is 12.7. The van der Waals surface area contributed by atoms with Gasteiger partial charge in [0.05, 0.1) is 12.3 Å². The first-order chi connectivity index (χ1) is 16.2. The number of nitrogens with zero attached hydrogens (tertiary/aromatic N) is 1. The van der Waals surface area contributed by atoms with Gasteiger partial charge in [0.1, 0.15) is 11.3 Å². The summed E-state index contributed by atoms with van der Waals surface area (Å²) < 4.78 is 20.8. The Labute approximate surface area is 197 Å². The molecule has 1 amide bonds. The molecule has 1 aliphatic heterocycles. The lowest BCUT2D eigenvalue weighted by Crippen LogP contribution is -2.32. The van der Waals surface area contributed by atoms with Crippen LogP contribution in [0.2, 0.25) is 0 Å². The molecule has 1 aliphatic carbocycles. The molecule has 33 heavy (non-hydrogen) atoms. The number of rotatable bonds is 8. The Hall–Kier alpha value is -2.64. The standard InChI is InChI=1S/C26H28FN3O2S/c27-24-23(30-26(31)19-3-6-22(7-4-19)32-16-17-1-2-17)8-5-20-13-18(15-29-25(20)24)14-28-21-9-11-33-12-10-21/h3-8,13,15,17,21,28H,1-2,9-12,14,16H2,(H,30,31). The monoisotopic (exact) mass is 465 g/mol. The van der Waals surface area contributed by atoms with Crippen molar-refractivity contribution in [3.63, 3.8) is 0 Å². The summed E-state index contributed by atoms with van der Waals surface area (Å²) in [4.78, 5) is 17.0. The van der Waals surface area contributed by atoms with Crippen LogP contribution >= 0.6 is 11.8 Å². The number of thioether (sulfide) groups is 1. The van der Waals surface area contributed by atoms with Gasteiger partial charge in [-0.15, -0.1) is 0 Å². The van der Waals surface area contributed by atoms with Crippen molar-refractivity contribution in [2.45, 2.75) is 38.3 Å². The fourth-order valence-electron chi connectivity index (χ4n) is 3.96. The van der Waals surface area contributed by atoms with Gasteiger partial charge in [-0.05, 0) is 85.1 Å².